The first-order valence-corrected chi connectivity index (χ1v) is 10.5. The summed E-state index contributed by atoms with van der Waals surface area (Å²) in [5, 5.41) is 9.51. The molecule has 2 aromatic carbocycles. The number of guanidine groups is 1. The molecule has 0 saturated carbocycles. The molecule has 8 nitrogen and oxygen atoms in total. The summed E-state index contributed by atoms with van der Waals surface area (Å²) in [4.78, 5) is 18.8. The Morgan fingerprint density at radius 3 is 2.41 bits per heavy atom. The maximum atomic E-state index is 12.3. The van der Waals surface area contributed by atoms with Gasteiger partial charge in [0.1, 0.15) is 0 Å². The molecular weight excluding hydrogens is 521 g/mol. The smallest absolute Gasteiger partial charge is 0.321 e. The lowest BCUT2D eigenvalue weighted by atomic mass is 10.2. The van der Waals surface area contributed by atoms with Crippen LogP contribution in [0.1, 0.15) is 25.3 Å². The molecule has 3 N–H and O–H groups in total. The first-order valence-electron chi connectivity index (χ1n) is 10.5. The fraction of sp³-hybridized carbons (Fsp3) is 0.391. The average molecular weight is 553 g/mol. The first kappa shape index (κ1) is 25.6. The van der Waals surface area contributed by atoms with Gasteiger partial charge in [-0.15, -0.1) is 24.0 Å². The topological polar surface area (TPSA) is 87.2 Å². The van der Waals surface area contributed by atoms with Crippen LogP contribution in [0.25, 0.3) is 0 Å². The van der Waals surface area contributed by atoms with Gasteiger partial charge in [0.05, 0.1) is 20.8 Å². The van der Waals surface area contributed by atoms with Crippen molar-refractivity contribution in [2.45, 2.75) is 26.3 Å². The molecule has 1 aliphatic rings. The third-order valence-corrected chi connectivity index (χ3v) is 4.98. The predicted octanol–water partition coefficient (Wildman–Crippen LogP) is 4.53. The van der Waals surface area contributed by atoms with Gasteiger partial charge in [-0.1, -0.05) is 12.1 Å². The van der Waals surface area contributed by atoms with E-state index in [2.05, 4.69) is 20.9 Å². The van der Waals surface area contributed by atoms with Gasteiger partial charge in [0.2, 0.25) is 0 Å². The van der Waals surface area contributed by atoms with Crippen molar-refractivity contribution in [2.75, 3.05) is 44.5 Å². The van der Waals surface area contributed by atoms with E-state index in [1.807, 2.05) is 54.3 Å². The summed E-state index contributed by atoms with van der Waals surface area (Å²) in [5.74, 6) is 1.97. The van der Waals surface area contributed by atoms with E-state index >= 15 is 0 Å². The Hall–Kier alpha value is -2.69. The van der Waals surface area contributed by atoms with Gasteiger partial charge in [0, 0.05) is 37.1 Å². The van der Waals surface area contributed by atoms with Crippen molar-refractivity contribution in [1.29, 1.82) is 0 Å². The molecule has 32 heavy (non-hydrogen) atoms. The van der Waals surface area contributed by atoms with Crippen LogP contribution in [-0.4, -0.2) is 50.7 Å². The molecule has 9 heteroatoms. The predicted molar refractivity (Wildman–Crippen MR) is 140 cm³/mol. The molecular formula is C23H32IN5O3. The number of likely N-dealkylation sites (tertiary alicyclic amines) is 1. The number of halogens is 1. The highest BCUT2D eigenvalue weighted by Crippen LogP contribution is 2.29. The minimum atomic E-state index is -0.0402. The van der Waals surface area contributed by atoms with E-state index in [0.29, 0.717) is 24.0 Å². The number of rotatable bonds is 7. The summed E-state index contributed by atoms with van der Waals surface area (Å²) >= 11 is 0. The van der Waals surface area contributed by atoms with Crippen molar-refractivity contribution < 1.29 is 14.3 Å². The number of methoxy groups -OCH3 is 2. The van der Waals surface area contributed by atoms with Crippen LogP contribution in [0.15, 0.2) is 47.5 Å². The number of nitrogens with one attached hydrogen (secondary N) is 3. The Balaban J connectivity index is 0.00000363. The number of hydrogen-bond donors (Lipinski definition) is 3. The molecule has 0 spiro atoms. The highest BCUT2D eigenvalue weighted by Gasteiger charge is 2.17. The molecule has 2 amide bonds. The number of nitrogens with zero attached hydrogens (tertiary/aromatic N) is 2. The molecule has 3 rings (SSSR count). The Labute approximate surface area is 206 Å². The summed E-state index contributed by atoms with van der Waals surface area (Å²) < 4.78 is 10.7. The van der Waals surface area contributed by atoms with E-state index in [1.165, 1.54) is 0 Å². The number of amides is 2. The van der Waals surface area contributed by atoms with Crippen molar-refractivity contribution >= 4 is 47.3 Å². The molecule has 174 valence electrons. The van der Waals surface area contributed by atoms with E-state index in [9.17, 15) is 4.79 Å². The maximum absolute atomic E-state index is 12.3. The number of aliphatic imine (C=N–C) groups is 1. The second-order valence-electron chi connectivity index (χ2n) is 7.21. The molecule has 0 aliphatic carbocycles. The Morgan fingerprint density at radius 2 is 1.72 bits per heavy atom. The van der Waals surface area contributed by atoms with Gasteiger partial charge in [-0.3, -0.25) is 0 Å². The van der Waals surface area contributed by atoms with Crippen molar-refractivity contribution in [3.05, 3.63) is 48.0 Å². The lowest BCUT2D eigenvalue weighted by Gasteiger charge is -2.16. The highest BCUT2D eigenvalue weighted by molar-refractivity contribution is 14.0. The van der Waals surface area contributed by atoms with Gasteiger partial charge in [0.15, 0.2) is 17.5 Å². The van der Waals surface area contributed by atoms with Crippen LogP contribution in [0.5, 0.6) is 11.5 Å². The van der Waals surface area contributed by atoms with Crippen LogP contribution in [0.2, 0.25) is 0 Å². The summed E-state index contributed by atoms with van der Waals surface area (Å²) in [6.07, 6.45) is 2.14. The SMILES string of the molecule is CCNC(=NCc1cccc(NC(=O)N2CCCC2)c1)Nc1ccc(OC)c(OC)c1.I. The van der Waals surface area contributed by atoms with Gasteiger partial charge in [-0.05, 0) is 49.6 Å². The van der Waals surface area contributed by atoms with Crippen molar-refractivity contribution in [3.8, 4) is 11.5 Å². The normalized spacial score (nSPS) is 13.2. The lowest BCUT2D eigenvalue weighted by Crippen LogP contribution is -2.32. The van der Waals surface area contributed by atoms with E-state index in [1.54, 1.807) is 14.2 Å². The number of urea groups is 1. The molecule has 1 fully saturated rings. The minimum Gasteiger partial charge on any atom is -0.493 e. The second-order valence-corrected chi connectivity index (χ2v) is 7.21. The molecule has 0 atom stereocenters. The first-order chi connectivity index (χ1) is 15.1. The minimum absolute atomic E-state index is 0. The average Bonchev–Trinajstić information content (AvgIpc) is 3.33. The number of anilines is 2. The van der Waals surface area contributed by atoms with Crippen LogP contribution < -0.4 is 25.4 Å². The Bertz CT molecular complexity index is 916. The van der Waals surface area contributed by atoms with Gasteiger partial charge in [0.25, 0.3) is 0 Å². The van der Waals surface area contributed by atoms with Crippen LogP contribution in [-0.2, 0) is 6.54 Å². The summed E-state index contributed by atoms with van der Waals surface area (Å²) in [7, 11) is 3.22. The molecule has 1 saturated heterocycles. The van der Waals surface area contributed by atoms with E-state index in [0.717, 1.165) is 49.4 Å². The van der Waals surface area contributed by atoms with Crippen molar-refractivity contribution in [2.24, 2.45) is 4.99 Å². The molecule has 1 aliphatic heterocycles. The van der Waals surface area contributed by atoms with Crippen LogP contribution in [0.3, 0.4) is 0 Å². The molecule has 0 bridgehead atoms. The molecule has 0 radical (unpaired) electrons. The number of carbonyl (C=O) groups excluding carboxylic acids is 1. The molecule has 1 heterocycles. The molecule has 0 unspecified atom stereocenters. The molecule has 2 aromatic rings. The summed E-state index contributed by atoms with van der Waals surface area (Å²) in [5.41, 5.74) is 2.62. The van der Waals surface area contributed by atoms with Gasteiger partial charge >= 0.3 is 6.03 Å². The zero-order valence-electron chi connectivity index (χ0n) is 18.8. The highest BCUT2D eigenvalue weighted by atomic mass is 127. The third kappa shape index (κ3) is 7.18. The number of carbonyl (C=O) groups is 1. The number of ether oxygens (including phenoxy) is 2. The van der Waals surface area contributed by atoms with Crippen LogP contribution in [0, 0.1) is 0 Å². The standard InChI is InChI=1S/C23H31N5O3.HI/c1-4-24-22(26-19-10-11-20(30-2)21(15-19)31-3)25-16-17-8-7-9-18(14-17)27-23(29)28-12-5-6-13-28;/h7-11,14-15H,4-6,12-13,16H2,1-3H3,(H,27,29)(H2,24,25,26);1H. The van der Waals surface area contributed by atoms with Gasteiger partial charge in [-0.2, -0.15) is 0 Å². The Kier molecular flexibility index (Phi) is 10.4. The second kappa shape index (κ2) is 13.0. The zero-order valence-corrected chi connectivity index (χ0v) is 21.1. The fourth-order valence-corrected chi connectivity index (χ4v) is 3.40. The zero-order chi connectivity index (χ0) is 22.1. The van der Waals surface area contributed by atoms with Crippen molar-refractivity contribution in [3.63, 3.8) is 0 Å². The fourth-order valence-electron chi connectivity index (χ4n) is 3.40. The quantitative estimate of drug-likeness (QED) is 0.267. The number of benzene rings is 2. The van der Waals surface area contributed by atoms with Gasteiger partial charge < -0.3 is 30.3 Å². The van der Waals surface area contributed by atoms with E-state index < -0.39 is 0 Å². The summed E-state index contributed by atoms with van der Waals surface area (Å²) in [6, 6.07) is 13.3. The Morgan fingerprint density at radius 1 is 1.00 bits per heavy atom. The van der Waals surface area contributed by atoms with Crippen LogP contribution >= 0.6 is 24.0 Å². The molecule has 0 aromatic heterocycles. The maximum Gasteiger partial charge on any atom is 0.321 e. The third-order valence-electron chi connectivity index (χ3n) is 4.98. The monoisotopic (exact) mass is 553 g/mol. The van der Waals surface area contributed by atoms with Gasteiger partial charge in [-0.25, -0.2) is 9.79 Å². The largest absolute Gasteiger partial charge is 0.493 e. The lowest BCUT2D eigenvalue weighted by molar-refractivity contribution is 0.222. The van der Waals surface area contributed by atoms with E-state index in [4.69, 9.17) is 9.47 Å². The van der Waals surface area contributed by atoms with Crippen molar-refractivity contribution in [1.82, 2.24) is 10.2 Å². The van der Waals surface area contributed by atoms with Crippen LogP contribution in [0.4, 0.5) is 16.2 Å². The number of hydrogen-bond acceptors (Lipinski definition) is 4. The summed E-state index contributed by atoms with van der Waals surface area (Å²) in [6.45, 7) is 4.86. The van der Waals surface area contributed by atoms with E-state index in [-0.39, 0.29) is 30.0 Å².